The van der Waals surface area contributed by atoms with Crippen molar-refractivity contribution in [1.29, 1.82) is 0 Å². The summed E-state index contributed by atoms with van der Waals surface area (Å²) in [5, 5.41) is 10.8. The normalized spacial score (nSPS) is 27.5. The molecule has 3 rings (SSSR count). The topological polar surface area (TPSA) is 20.2 Å². The largest absolute Gasteiger partial charge is 0.385 e. The number of aliphatic hydroxyl groups is 1. The maximum Gasteiger partial charge on any atom is 0.0964 e. The molecule has 0 amide bonds. The van der Waals surface area contributed by atoms with E-state index in [0.717, 1.165) is 18.4 Å². The molecule has 1 aliphatic carbocycles. The second kappa shape index (κ2) is 4.01. The third-order valence-electron chi connectivity index (χ3n) is 3.87. The van der Waals surface area contributed by atoms with Gasteiger partial charge in [-0.25, -0.2) is 0 Å². The van der Waals surface area contributed by atoms with Crippen LogP contribution in [0, 0.1) is 0 Å². The van der Waals surface area contributed by atoms with Crippen LogP contribution in [0.25, 0.3) is 0 Å². The first-order valence-corrected chi connectivity index (χ1v) is 6.13. The minimum atomic E-state index is -0.664. The Morgan fingerprint density at radius 3 is 2.00 bits per heavy atom. The minimum absolute atomic E-state index is 0.242. The van der Waals surface area contributed by atoms with Gasteiger partial charge in [-0.2, -0.15) is 0 Å². The Labute approximate surface area is 102 Å². The van der Waals surface area contributed by atoms with E-state index >= 15 is 0 Å². The SMILES string of the molecule is O[C@]1(c2ccccc2)CC[C@@H]1c1ccccc1. The fourth-order valence-corrected chi connectivity index (χ4v) is 2.76. The smallest absolute Gasteiger partial charge is 0.0964 e. The molecule has 1 fully saturated rings. The average Bonchev–Trinajstić information content (AvgIpc) is 2.39. The summed E-state index contributed by atoms with van der Waals surface area (Å²) < 4.78 is 0. The Bertz CT molecular complexity index is 491. The van der Waals surface area contributed by atoms with Crippen molar-refractivity contribution in [3.63, 3.8) is 0 Å². The molecule has 0 aromatic heterocycles. The van der Waals surface area contributed by atoms with Gasteiger partial charge in [0, 0.05) is 5.92 Å². The van der Waals surface area contributed by atoms with Crippen LogP contribution in [0.15, 0.2) is 60.7 Å². The fourth-order valence-electron chi connectivity index (χ4n) is 2.76. The van der Waals surface area contributed by atoms with Gasteiger partial charge in [0.2, 0.25) is 0 Å². The van der Waals surface area contributed by atoms with E-state index in [1.807, 2.05) is 48.5 Å². The quantitative estimate of drug-likeness (QED) is 0.828. The highest BCUT2D eigenvalue weighted by Gasteiger charge is 2.46. The van der Waals surface area contributed by atoms with E-state index in [0.29, 0.717) is 0 Å². The zero-order valence-corrected chi connectivity index (χ0v) is 9.71. The molecule has 0 aliphatic heterocycles. The number of benzene rings is 2. The molecule has 0 saturated heterocycles. The van der Waals surface area contributed by atoms with Gasteiger partial charge in [-0.1, -0.05) is 60.7 Å². The molecule has 2 aromatic carbocycles. The third kappa shape index (κ3) is 1.67. The molecule has 0 bridgehead atoms. The van der Waals surface area contributed by atoms with E-state index in [9.17, 15) is 5.11 Å². The second-order valence-corrected chi connectivity index (χ2v) is 4.79. The third-order valence-corrected chi connectivity index (χ3v) is 3.87. The first-order valence-electron chi connectivity index (χ1n) is 6.13. The molecule has 1 saturated carbocycles. The fraction of sp³-hybridized carbons (Fsp3) is 0.250. The maximum absolute atomic E-state index is 10.8. The van der Waals surface area contributed by atoms with Gasteiger partial charge < -0.3 is 5.11 Å². The lowest BCUT2D eigenvalue weighted by atomic mass is 9.63. The van der Waals surface area contributed by atoms with Gasteiger partial charge in [0.05, 0.1) is 5.60 Å². The van der Waals surface area contributed by atoms with Gasteiger partial charge in [-0.05, 0) is 24.0 Å². The molecule has 2 atom stereocenters. The number of rotatable bonds is 2. The van der Waals surface area contributed by atoms with Crippen LogP contribution in [0.3, 0.4) is 0 Å². The van der Waals surface area contributed by atoms with E-state index in [4.69, 9.17) is 0 Å². The summed E-state index contributed by atoms with van der Waals surface area (Å²) in [4.78, 5) is 0. The van der Waals surface area contributed by atoms with Crippen LogP contribution in [0.5, 0.6) is 0 Å². The standard InChI is InChI=1S/C16H16O/c17-16(14-9-5-2-6-10-14)12-11-15(16)13-7-3-1-4-8-13/h1-10,15,17H,11-12H2/t15-,16+/m1/s1. The van der Waals surface area contributed by atoms with Gasteiger partial charge in [0.25, 0.3) is 0 Å². The summed E-state index contributed by atoms with van der Waals surface area (Å²) >= 11 is 0. The molecule has 1 heteroatoms. The summed E-state index contributed by atoms with van der Waals surface area (Å²) in [6.07, 6.45) is 1.92. The Balaban J connectivity index is 1.95. The van der Waals surface area contributed by atoms with Crippen molar-refractivity contribution in [2.24, 2.45) is 0 Å². The van der Waals surface area contributed by atoms with Crippen LogP contribution in [0.4, 0.5) is 0 Å². The summed E-state index contributed by atoms with van der Waals surface area (Å²) in [6, 6.07) is 20.3. The van der Waals surface area contributed by atoms with Crippen molar-refractivity contribution in [3.05, 3.63) is 71.8 Å². The van der Waals surface area contributed by atoms with Crippen molar-refractivity contribution in [2.75, 3.05) is 0 Å². The summed E-state index contributed by atoms with van der Waals surface area (Å²) in [5.41, 5.74) is 1.62. The Morgan fingerprint density at radius 1 is 0.882 bits per heavy atom. The molecule has 1 nitrogen and oxygen atoms in total. The van der Waals surface area contributed by atoms with Crippen molar-refractivity contribution in [2.45, 2.75) is 24.4 Å². The molecule has 0 radical (unpaired) electrons. The molecule has 0 unspecified atom stereocenters. The van der Waals surface area contributed by atoms with Crippen LogP contribution >= 0.6 is 0 Å². The lowest BCUT2D eigenvalue weighted by Gasteiger charge is -2.46. The van der Waals surface area contributed by atoms with E-state index in [2.05, 4.69) is 12.1 Å². The summed E-state index contributed by atoms with van der Waals surface area (Å²) in [6.45, 7) is 0. The monoisotopic (exact) mass is 224 g/mol. The number of hydrogen-bond donors (Lipinski definition) is 1. The maximum atomic E-state index is 10.8. The van der Waals surface area contributed by atoms with Crippen LogP contribution in [-0.4, -0.2) is 5.11 Å². The van der Waals surface area contributed by atoms with Crippen molar-refractivity contribution >= 4 is 0 Å². The molecule has 86 valence electrons. The van der Waals surface area contributed by atoms with E-state index in [1.54, 1.807) is 0 Å². The molecular weight excluding hydrogens is 208 g/mol. The molecule has 17 heavy (non-hydrogen) atoms. The van der Waals surface area contributed by atoms with Crippen molar-refractivity contribution in [3.8, 4) is 0 Å². The van der Waals surface area contributed by atoms with Crippen LogP contribution in [0.2, 0.25) is 0 Å². The highest BCUT2D eigenvalue weighted by atomic mass is 16.3. The van der Waals surface area contributed by atoms with E-state index < -0.39 is 5.60 Å². The van der Waals surface area contributed by atoms with Crippen molar-refractivity contribution in [1.82, 2.24) is 0 Å². The average molecular weight is 224 g/mol. The van der Waals surface area contributed by atoms with Gasteiger partial charge >= 0.3 is 0 Å². The van der Waals surface area contributed by atoms with Crippen LogP contribution in [0.1, 0.15) is 29.9 Å². The summed E-state index contributed by atoms with van der Waals surface area (Å²) in [5.74, 6) is 0.242. The number of hydrogen-bond acceptors (Lipinski definition) is 1. The first kappa shape index (κ1) is 10.5. The highest BCUT2D eigenvalue weighted by molar-refractivity contribution is 5.34. The van der Waals surface area contributed by atoms with Gasteiger partial charge in [0.15, 0.2) is 0 Å². The lowest BCUT2D eigenvalue weighted by Crippen LogP contribution is -2.42. The van der Waals surface area contributed by atoms with Crippen LogP contribution in [-0.2, 0) is 5.60 Å². The van der Waals surface area contributed by atoms with E-state index in [1.165, 1.54) is 5.56 Å². The molecule has 0 spiro atoms. The molecular formula is C16H16O. The highest BCUT2D eigenvalue weighted by Crippen LogP contribution is 2.52. The molecule has 2 aromatic rings. The zero-order valence-electron chi connectivity index (χ0n) is 9.71. The zero-order chi connectivity index (χ0) is 11.7. The minimum Gasteiger partial charge on any atom is -0.385 e. The van der Waals surface area contributed by atoms with Crippen molar-refractivity contribution < 1.29 is 5.11 Å². The molecule has 1 N–H and O–H groups in total. The Morgan fingerprint density at radius 2 is 1.47 bits per heavy atom. The Hall–Kier alpha value is -1.60. The van der Waals surface area contributed by atoms with Gasteiger partial charge in [-0.15, -0.1) is 0 Å². The predicted octanol–water partition coefficient (Wildman–Crippen LogP) is 3.45. The van der Waals surface area contributed by atoms with Gasteiger partial charge in [-0.3, -0.25) is 0 Å². The predicted molar refractivity (Wildman–Crippen MR) is 68.8 cm³/mol. The lowest BCUT2D eigenvalue weighted by molar-refractivity contribution is -0.0645. The van der Waals surface area contributed by atoms with Gasteiger partial charge in [0.1, 0.15) is 0 Å². The van der Waals surface area contributed by atoms with Crippen LogP contribution < -0.4 is 0 Å². The van der Waals surface area contributed by atoms with E-state index in [-0.39, 0.29) is 5.92 Å². The molecule has 1 aliphatic rings. The molecule has 0 heterocycles. The summed E-state index contributed by atoms with van der Waals surface area (Å²) in [7, 11) is 0. The first-order chi connectivity index (χ1) is 8.31. The Kier molecular flexibility index (Phi) is 2.49. The second-order valence-electron chi connectivity index (χ2n) is 4.79.